The van der Waals surface area contributed by atoms with Gasteiger partial charge in [0.25, 0.3) is 0 Å². The van der Waals surface area contributed by atoms with Crippen LogP contribution < -0.4 is 0 Å². The van der Waals surface area contributed by atoms with E-state index in [4.69, 9.17) is 4.74 Å². The number of nitrogens with zero attached hydrogens (tertiary/aromatic N) is 1. The Morgan fingerprint density at radius 1 is 1.46 bits per heavy atom. The van der Waals surface area contributed by atoms with Gasteiger partial charge < -0.3 is 4.74 Å². The second-order valence-corrected chi connectivity index (χ2v) is 4.77. The third-order valence-corrected chi connectivity index (χ3v) is 3.59. The van der Waals surface area contributed by atoms with Gasteiger partial charge in [-0.3, -0.25) is 4.90 Å². The molecule has 1 aliphatic heterocycles. The standard InChI is InChI=1S/C11H21NO/c1-3-11(4-5-11)9-12-6-7-13-10(2)8-12/h10H,3-9H2,1-2H3/t10-/m0/s1. The molecule has 1 aliphatic carbocycles. The van der Waals surface area contributed by atoms with Crippen LogP contribution in [0.15, 0.2) is 0 Å². The molecule has 2 fully saturated rings. The van der Waals surface area contributed by atoms with Gasteiger partial charge >= 0.3 is 0 Å². The molecule has 0 aromatic rings. The Morgan fingerprint density at radius 2 is 2.23 bits per heavy atom. The van der Waals surface area contributed by atoms with Crippen LogP contribution in [-0.2, 0) is 4.74 Å². The fourth-order valence-corrected chi connectivity index (χ4v) is 2.31. The van der Waals surface area contributed by atoms with Gasteiger partial charge in [0.15, 0.2) is 0 Å². The molecule has 0 aromatic carbocycles. The normalized spacial score (nSPS) is 33.2. The minimum Gasteiger partial charge on any atom is -0.376 e. The van der Waals surface area contributed by atoms with Crippen LogP contribution in [0.25, 0.3) is 0 Å². The van der Waals surface area contributed by atoms with E-state index in [1.165, 1.54) is 25.8 Å². The second kappa shape index (κ2) is 3.58. The Balaban J connectivity index is 1.80. The van der Waals surface area contributed by atoms with Crippen molar-refractivity contribution in [1.29, 1.82) is 0 Å². The zero-order chi connectivity index (χ0) is 9.31. The van der Waals surface area contributed by atoms with E-state index in [1.54, 1.807) is 0 Å². The highest BCUT2D eigenvalue weighted by Gasteiger charge is 2.42. The molecule has 0 unspecified atom stereocenters. The SMILES string of the molecule is CCC1(CN2CCO[C@@H](C)C2)CC1. The minimum absolute atomic E-state index is 0.446. The van der Waals surface area contributed by atoms with E-state index in [9.17, 15) is 0 Å². The Morgan fingerprint density at radius 3 is 2.77 bits per heavy atom. The van der Waals surface area contributed by atoms with Gasteiger partial charge in [0.05, 0.1) is 12.7 Å². The van der Waals surface area contributed by atoms with E-state index in [1.807, 2.05) is 0 Å². The zero-order valence-electron chi connectivity index (χ0n) is 8.88. The summed E-state index contributed by atoms with van der Waals surface area (Å²) in [6.45, 7) is 9.04. The lowest BCUT2D eigenvalue weighted by Crippen LogP contribution is -2.43. The van der Waals surface area contributed by atoms with Gasteiger partial charge in [-0.25, -0.2) is 0 Å². The fourth-order valence-electron chi connectivity index (χ4n) is 2.31. The summed E-state index contributed by atoms with van der Waals surface area (Å²) in [6.07, 6.45) is 4.71. The summed E-state index contributed by atoms with van der Waals surface area (Å²) >= 11 is 0. The van der Waals surface area contributed by atoms with Crippen LogP contribution in [0.1, 0.15) is 33.1 Å². The topological polar surface area (TPSA) is 12.5 Å². The first-order chi connectivity index (χ1) is 6.24. The van der Waals surface area contributed by atoms with Crippen LogP contribution in [0.2, 0.25) is 0 Å². The van der Waals surface area contributed by atoms with Crippen LogP contribution in [0, 0.1) is 5.41 Å². The van der Waals surface area contributed by atoms with Gasteiger partial charge in [-0.05, 0) is 31.6 Å². The largest absolute Gasteiger partial charge is 0.376 e. The molecule has 2 nitrogen and oxygen atoms in total. The number of rotatable bonds is 3. The molecular formula is C11H21NO. The first-order valence-corrected chi connectivity index (χ1v) is 5.58. The van der Waals surface area contributed by atoms with E-state index in [2.05, 4.69) is 18.7 Å². The summed E-state index contributed by atoms with van der Waals surface area (Å²) in [5, 5.41) is 0. The van der Waals surface area contributed by atoms with E-state index in [-0.39, 0.29) is 0 Å². The molecule has 0 N–H and O–H groups in total. The van der Waals surface area contributed by atoms with Crippen molar-refractivity contribution >= 4 is 0 Å². The van der Waals surface area contributed by atoms with Crippen molar-refractivity contribution < 1.29 is 4.74 Å². The van der Waals surface area contributed by atoms with Crippen LogP contribution in [-0.4, -0.2) is 37.2 Å². The molecule has 1 atom stereocenters. The molecule has 0 radical (unpaired) electrons. The summed E-state index contributed by atoms with van der Waals surface area (Å²) in [7, 11) is 0. The van der Waals surface area contributed by atoms with E-state index in [0.717, 1.165) is 19.7 Å². The predicted molar refractivity (Wildman–Crippen MR) is 53.8 cm³/mol. The third-order valence-electron chi connectivity index (χ3n) is 3.59. The summed E-state index contributed by atoms with van der Waals surface area (Å²) < 4.78 is 5.53. The maximum absolute atomic E-state index is 5.53. The molecule has 1 heterocycles. The molecule has 2 aliphatic rings. The van der Waals surface area contributed by atoms with Crippen molar-refractivity contribution in [2.75, 3.05) is 26.2 Å². The molecule has 1 saturated carbocycles. The smallest absolute Gasteiger partial charge is 0.0674 e. The lowest BCUT2D eigenvalue weighted by atomic mass is 10.0. The van der Waals surface area contributed by atoms with Crippen molar-refractivity contribution in [3.63, 3.8) is 0 Å². The van der Waals surface area contributed by atoms with Gasteiger partial charge in [0.1, 0.15) is 0 Å². The van der Waals surface area contributed by atoms with Crippen molar-refractivity contribution in [2.24, 2.45) is 5.41 Å². The maximum atomic E-state index is 5.53. The second-order valence-electron chi connectivity index (χ2n) is 4.77. The Labute approximate surface area is 81.3 Å². The lowest BCUT2D eigenvalue weighted by Gasteiger charge is -2.33. The molecular weight excluding hydrogens is 162 g/mol. The van der Waals surface area contributed by atoms with Gasteiger partial charge in [-0.1, -0.05) is 6.92 Å². The van der Waals surface area contributed by atoms with Crippen LogP contribution >= 0.6 is 0 Å². The molecule has 1 saturated heterocycles. The summed E-state index contributed by atoms with van der Waals surface area (Å²) in [4.78, 5) is 2.59. The van der Waals surface area contributed by atoms with Crippen molar-refractivity contribution in [3.8, 4) is 0 Å². The Kier molecular flexibility index (Phi) is 2.61. The first-order valence-electron chi connectivity index (χ1n) is 5.58. The van der Waals surface area contributed by atoms with Gasteiger partial charge in [0, 0.05) is 19.6 Å². The highest BCUT2D eigenvalue weighted by atomic mass is 16.5. The van der Waals surface area contributed by atoms with E-state index >= 15 is 0 Å². The van der Waals surface area contributed by atoms with Gasteiger partial charge in [-0.2, -0.15) is 0 Å². The summed E-state index contributed by atoms with van der Waals surface area (Å²) in [6, 6.07) is 0. The number of hydrogen-bond donors (Lipinski definition) is 0. The average molecular weight is 183 g/mol. The highest BCUT2D eigenvalue weighted by molar-refractivity contribution is 4.94. The van der Waals surface area contributed by atoms with E-state index in [0.29, 0.717) is 11.5 Å². The van der Waals surface area contributed by atoms with Crippen LogP contribution in [0.4, 0.5) is 0 Å². The molecule has 2 heteroatoms. The van der Waals surface area contributed by atoms with Crippen LogP contribution in [0.3, 0.4) is 0 Å². The first kappa shape index (κ1) is 9.47. The molecule has 0 bridgehead atoms. The molecule has 2 rings (SSSR count). The van der Waals surface area contributed by atoms with Crippen LogP contribution in [0.5, 0.6) is 0 Å². The molecule has 76 valence electrons. The minimum atomic E-state index is 0.446. The maximum Gasteiger partial charge on any atom is 0.0674 e. The number of hydrogen-bond acceptors (Lipinski definition) is 2. The van der Waals surface area contributed by atoms with E-state index < -0.39 is 0 Å². The van der Waals surface area contributed by atoms with Crippen molar-refractivity contribution in [2.45, 2.75) is 39.2 Å². The fraction of sp³-hybridized carbons (Fsp3) is 1.00. The van der Waals surface area contributed by atoms with Crippen molar-refractivity contribution in [1.82, 2.24) is 4.90 Å². The highest BCUT2D eigenvalue weighted by Crippen LogP contribution is 2.49. The Hall–Kier alpha value is -0.0800. The Bertz CT molecular complexity index is 177. The summed E-state index contributed by atoms with van der Waals surface area (Å²) in [5.74, 6) is 0. The lowest BCUT2D eigenvalue weighted by molar-refractivity contribution is -0.0248. The van der Waals surface area contributed by atoms with Crippen molar-refractivity contribution in [3.05, 3.63) is 0 Å². The van der Waals surface area contributed by atoms with Gasteiger partial charge in [-0.15, -0.1) is 0 Å². The zero-order valence-corrected chi connectivity index (χ0v) is 8.88. The monoisotopic (exact) mass is 183 g/mol. The average Bonchev–Trinajstić information content (AvgIpc) is 2.86. The number of morpholine rings is 1. The summed E-state index contributed by atoms with van der Waals surface area (Å²) in [5.41, 5.74) is 0.705. The molecule has 0 amide bonds. The third kappa shape index (κ3) is 2.23. The predicted octanol–water partition coefficient (Wildman–Crippen LogP) is 1.90. The quantitative estimate of drug-likeness (QED) is 0.662. The molecule has 0 aromatic heterocycles. The number of ether oxygens (including phenoxy) is 1. The molecule has 13 heavy (non-hydrogen) atoms. The molecule has 0 spiro atoms. The van der Waals surface area contributed by atoms with Gasteiger partial charge in [0.2, 0.25) is 0 Å².